The van der Waals surface area contributed by atoms with Gasteiger partial charge in [-0.3, -0.25) is 0 Å². The Bertz CT molecular complexity index is 536. The molecule has 8 nitrogen and oxygen atoms in total. The van der Waals surface area contributed by atoms with Crippen LogP contribution in [0.2, 0.25) is 0 Å². The van der Waals surface area contributed by atoms with E-state index in [9.17, 15) is 0 Å². The molecule has 0 saturated heterocycles. The molecule has 1 atom stereocenters. The van der Waals surface area contributed by atoms with E-state index in [2.05, 4.69) is 37.2 Å². The second kappa shape index (κ2) is 6.29. The fourth-order valence-electron chi connectivity index (χ4n) is 1.68. The van der Waals surface area contributed by atoms with Crippen LogP contribution in [0.5, 0.6) is 0 Å². The zero-order valence-electron chi connectivity index (χ0n) is 12.0. The summed E-state index contributed by atoms with van der Waals surface area (Å²) in [7, 11) is 4.09. The highest BCUT2D eigenvalue weighted by Gasteiger charge is 2.09. The highest BCUT2D eigenvalue weighted by molar-refractivity contribution is 5.35. The summed E-state index contributed by atoms with van der Waals surface area (Å²) in [5.41, 5.74) is 5.71. The van der Waals surface area contributed by atoms with Gasteiger partial charge in [-0.05, 0) is 40.1 Å². The van der Waals surface area contributed by atoms with Gasteiger partial charge in [-0.1, -0.05) is 0 Å². The summed E-state index contributed by atoms with van der Waals surface area (Å²) in [6.07, 6.45) is 4.40. The van der Waals surface area contributed by atoms with E-state index in [-0.39, 0.29) is 12.0 Å². The Morgan fingerprint density at radius 3 is 2.80 bits per heavy atom. The minimum absolute atomic E-state index is 0.174. The van der Waals surface area contributed by atoms with Gasteiger partial charge < -0.3 is 16.0 Å². The van der Waals surface area contributed by atoms with Crippen LogP contribution in [-0.4, -0.2) is 56.3 Å². The number of nitrogens with zero attached hydrogens (tertiary/aromatic N) is 6. The average molecular weight is 276 g/mol. The molecule has 0 aromatic carbocycles. The van der Waals surface area contributed by atoms with Gasteiger partial charge in [-0.2, -0.15) is 20.1 Å². The molecule has 0 amide bonds. The van der Waals surface area contributed by atoms with Crippen molar-refractivity contribution < 1.29 is 0 Å². The quantitative estimate of drug-likeness (QED) is 0.787. The lowest BCUT2D eigenvalue weighted by Gasteiger charge is -2.16. The maximum atomic E-state index is 5.71. The van der Waals surface area contributed by atoms with Gasteiger partial charge in [-0.15, -0.1) is 0 Å². The van der Waals surface area contributed by atoms with E-state index in [1.165, 1.54) is 0 Å². The summed E-state index contributed by atoms with van der Waals surface area (Å²) in [4.78, 5) is 14.6. The second-order valence-corrected chi connectivity index (χ2v) is 4.91. The van der Waals surface area contributed by atoms with Crippen LogP contribution >= 0.6 is 0 Å². The summed E-state index contributed by atoms with van der Waals surface area (Å²) in [6, 6.07) is 2.04. The molecule has 0 fully saturated rings. The maximum Gasteiger partial charge on any atom is 0.257 e. The number of hydrogen-bond acceptors (Lipinski definition) is 7. The first-order valence-corrected chi connectivity index (χ1v) is 6.47. The van der Waals surface area contributed by atoms with Crippen molar-refractivity contribution in [3.8, 4) is 5.95 Å². The molecule has 3 N–H and O–H groups in total. The molecule has 0 spiro atoms. The van der Waals surface area contributed by atoms with Gasteiger partial charge in [0.2, 0.25) is 11.9 Å². The fourth-order valence-corrected chi connectivity index (χ4v) is 1.68. The Morgan fingerprint density at radius 1 is 1.35 bits per heavy atom. The zero-order chi connectivity index (χ0) is 14.5. The molecule has 2 heterocycles. The first-order valence-electron chi connectivity index (χ1n) is 6.47. The zero-order valence-corrected chi connectivity index (χ0v) is 12.0. The monoisotopic (exact) mass is 276 g/mol. The SMILES string of the molecule is CC(CCN(C)C)Nc1nc(N)nc(-n2cccn2)n1. The third-order valence-corrected chi connectivity index (χ3v) is 2.74. The number of aromatic nitrogens is 5. The Kier molecular flexibility index (Phi) is 4.46. The Hall–Kier alpha value is -2.22. The first-order chi connectivity index (χ1) is 9.54. The van der Waals surface area contributed by atoms with Gasteiger partial charge in [0.25, 0.3) is 5.95 Å². The van der Waals surface area contributed by atoms with Crippen LogP contribution in [0, 0.1) is 0 Å². The van der Waals surface area contributed by atoms with Gasteiger partial charge in [0, 0.05) is 18.4 Å². The molecule has 0 saturated carbocycles. The highest BCUT2D eigenvalue weighted by atomic mass is 15.4. The molecule has 0 aliphatic heterocycles. The smallest absolute Gasteiger partial charge is 0.257 e. The molecular formula is C12H20N8. The normalized spacial score (nSPS) is 12.6. The van der Waals surface area contributed by atoms with E-state index >= 15 is 0 Å². The third-order valence-electron chi connectivity index (χ3n) is 2.74. The lowest BCUT2D eigenvalue weighted by Crippen LogP contribution is -2.24. The van der Waals surface area contributed by atoms with Crippen molar-refractivity contribution in [1.29, 1.82) is 0 Å². The van der Waals surface area contributed by atoms with Gasteiger partial charge >= 0.3 is 0 Å². The van der Waals surface area contributed by atoms with Gasteiger partial charge in [0.15, 0.2) is 0 Å². The van der Waals surface area contributed by atoms with Crippen molar-refractivity contribution in [2.75, 3.05) is 31.7 Å². The second-order valence-electron chi connectivity index (χ2n) is 4.91. The summed E-state index contributed by atoms with van der Waals surface area (Å²) in [5.74, 6) is 1.05. The van der Waals surface area contributed by atoms with Crippen molar-refractivity contribution in [2.45, 2.75) is 19.4 Å². The predicted molar refractivity (Wildman–Crippen MR) is 77.6 cm³/mol. The summed E-state index contributed by atoms with van der Waals surface area (Å²) in [5, 5.41) is 7.31. The summed E-state index contributed by atoms with van der Waals surface area (Å²) < 4.78 is 1.55. The lowest BCUT2D eigenvalue weighted by molar-refractivity contribution is 0.390. The number of rotatable bonds is 6. The Labute approximate surface area is 118 Å². The molecule has 0 bridgehead atoms. The Balaban J connectivity index is 2.08. The number of nitrogens with one attached hydrogen (secondary N) is 1. The highest BCUT2D eigenvalue weighted by Crippen LogP contribution is 2.08. The third kappa shape index (κ3) is 3.89. The van der Waals surface area contributed by atoms with E-state index < -0.39 is 0 Å². The van der Waals surface area contributed by atoms with Crippen LogP contribution in [-0.2, 0) is 0 Å². The lowest BCUT2D eigenvalue weighted by atomic mass is 10.2. The standard InChI is InChI=1S/C12H20N8/c1-9(5-8-19(2)3)15-11-16-10(13)17-12(18-11)20-7-4-6-14-20/h4,6-7,9H,5,8H2,1-3H3,(H3,13,15,16,17,18). The molecule has 0 aliphatic carbocycles. The van der Waals surface area contributed by atoms with E-state index in [4.69, 9.17) is 5.73 Å². The molecule has 108 valence electrons. The van der Waals surface area contributed by atoms with Crippen molar-refractivity contribution in [3.05, 3.63) is 18.5 Å². The minimum Gasteiger partial charge on any atom is -0.368 e. The minimum atomic E-state index is 0.174. The fraction of sp³-hybridized carbons (Fsp3) is 0.500. The van der Waals surface area contributed by atoms with Gasteiger partial charge in [-0.25, -0.2) is 4.68 Å². The van der Waals surface area contributed by atoms with Crippen LogP contribution in [0.15, 0.2) is 18.5 Å². The van der Waals surface area contributed by atoms with Gasteiger partial charge in [0.05, 0.1) is 0 Å². The van der Waals surface area contributed by atoms with Crippen LogP contribution in [0.25, 0.3) is 5.95 Å². The average Bonchev–Trinajstić information content (AvgIpc) is 2.89. The van der Waals surface area contributed by atoms with Crippen LogP contribution in [0.3, 0.4) is 0 Å². The molecular weight excluding hydrogens is 256 g/mol. The number of anilines is 2. The van der Waals surface area contributed by atoms with Crippen LogP contribution in [0.1, 0.15) is 13.3 Å². The first kappa shape index (κ1) is 14.2. The summed E-state index contributed by atoms with van der Waals surface area (Å²) in [6.45, 7) is 3.07. The van der Waals surface area contributed by atoms with Crippen molar-refractivity contribution in [2.24, 2.45) is 0 Å². The molecule has 2 aromatic rings. The van der Waals surface area contributed by atoms with E-state index in [0.29, 0.717) is 11.9 Å². The van der Waals surface area contributed by atoms with E-state index in [1.54, 1.807) is 23.1 Å². The molecule has 1 unspecified atom stereocenters. The number of nitrogen functional groups attached to an aromatic ring is 1. The van der Waals surface area contributed by atoms with Crippen LogP contribution < -0.4 is 11.1 Å². The van der Waals surface area contributed by atoms with Crippen molar-refractivity contribution >= 4 is 11.9 Å². The summed E-state index contributed by atoms with van der Waals surface area (Å²) >= 11 is 0. The van der Waals surface area contributed by atoms with Crippen molar-refractivity contribution in [1.82, 2.24) is 29.6 Å². The molecule has 0 aliphatic rings. The molecule has 2 aromatic heterocycles. The largest absolute Gasteiger partial charge is 0.368 e. The van der Waals surface area contributed by atoms with Gasteiger partial charge in [0.1, 0.15) is 0 Å². The molecule has 8 heteroatoms. The predicted octanol–water partition coefficient (Wildman–Crippen LogP) is 0.392. The topological polar surface area (TPSA) is 97.8 Å². The number of hydrogen-bond donors (Lipinski definition) is 2. The Morgan fingerprint density at radius 2 is 2.15 bits per heavy atom. The molecule has 20 heavy (non-hydrogen) atoms. The van der Waals surface area contributed by atoms with Crippen molar-refractivity contribution in [3.63, 3.8) is 0 Å². The number of nitrogens with two attached hydrogens (primary N) is 1. The van der Waals surface area contributed by atoms with E-state index in [1.807, 2.05) is 14.1 Å². The molecule has 2 rings (SSSR count). The maximum absolute atomic E-state index is 5.71. The van der Waals surface area contributed by atoms with Crippen LogP contribution in [0.4, 0.5) is 11.9 Å². The molecule has 0 radical (unpaired) electrons. The van der Waals surface area contributed by atoms with E-state index in [0.717, 1.165) is 13.0 Å².